The molecule has 0 aliphatic carbocycles. The summed E-state index contributed by atoms with van der Waals surface area (Å²) in [5, 5.41) is 0.0207. The number of rotatable bonds is 1. The number of halogens is 4. The van der Waals surface area contributed by atoms with Gasteiger partial charge in [-0.1, -0.05) is 11.6 Å². The Morgan fingerprint density at radius 2 is 1.81 bits per heavy atom. The van der Waals surface area contributed by atoms with Gasteiger partial charge in [-0.05, 0) is 26.0 Å². The smallest absolute Gasteiger partial charge is 0.433 e. The number of carbonyl (C=O) groups excluding carboxylic acids is 1. The second-order valence-corrected chi connectivity index (χ2v) is 6.47. The molecule has 0 saturated carbocycles. The van der Waals surface area contributed by atoms with Crippen LogP contribution in [0.5, 0.6) is 5.75 Å². The Kier molecular flexibility index (Phi) is 3.73. The van der Waals surface area contributed by atoms with Crippen molar-refractivity contribution in [3.05, 3.63) is 55.3 Å². The first-order chi connectivity index (χ1) is 11.9. The van der Waals surface area contributed by atoms with Crippen molar-refractivity contribution in [2.75, 3.05) is 5.84 Å². The minimum atomic E-state index is -5.00. The summed E-state index contributed by atoms with van der Waals surface area (Å²) >= 11 is 6.00. The summed E-state index contributed by atoms with van der Waals surface area (Å²) in [4.78, 5) is 36.9. The summed E-state index contributed by atoms with van der Waals surface area (Å²) in [7, 11) is 0. The van der Waals surface area contributed by atoms with Crippen molar-refractivity contribution in [3.63, 3.8) is 0 Å². The maximum atomic E-state index is 12.9. The van der Waals surface area contributed by atoms with Crippen LogP contribution in [0.25, 0.3) is 5.69 Å². The van der Waals surface area contributed by atoms with E-state index in [2.05, 4.69) is 0 Å². The molecule has 0 amide bonds. The highest BCUT2D eigenvalue weighted by molar-refractivity contribution is 6.35. The zero-order chi connectivity index (χ0) is 19.6. The molecule has 0 spiro atoms. The Bertz CT molecular complexity index is 1070. The minimum Gasteiger partial charge on any atom is -0.477 e. The van der Waals surface area contributed by atoms with E-state index in [1.54, 1.807) is 0 Å². The average molecular weight is 390 g/mol. The van der Waals surface area contributed by atoms with Crippen LogP contribution in [0.15, 0.2) is 27.8 Å². The molecule has 0 bridgehead atoms. The third kappa shape index (κ3) is 2.48. The molecule has 0 unspecified atom stereocenters. The summed E-state index contributed by atoms with van der Waals surface area (Å²) in [5.41, 5.74) is -5.95. The van der Waals surface area contributed by atoms with Gasteiger partial charge in [-0.2, -0.15) is 13.2 Å². The number of nitrogens with two attached hydrogens (primary N) is 1. The van der Waals surface area contributed by atoms with Crippen LogP contribution in [0.3, 0.4) is 0 Å². The number of hydrogen-bond acceptors (Lipinski definition) is 5. The van der Waals surface area contributed by atoms with Gasteiger partial charge in [0.1, 0.15) is 0 Å². The number of Topliss-reactive ketones (excluding diaryl/α,β-unsaturated/α-hetero) is 1. The fraction of sp³-hybridized carbons (Fsp3) is 0.267. The van der Waals surface area contributed by atoms with Crippen LogP contribution >= 0.6 is 11.6 Å². The number of nitrogens with zero attached hydrogens (tertiary/aromatic N) is 2. The van der Waals surface area contributed by atoms with Crippen molar-refractivity contribution in [2.24, 2.45) is 0 Å². The highest BCUT2D eigenvalue weighted by atomic mass is 35.5. The number of hydrogen-bond donors (Lipinski definition) is 1. The summed E-state index contributed by atoms with van der Waals surface area (Å²) in [6, 6.07) is 2.61. The summed E-state index contributed by atoms with van der Waals surface area (Å²) in [6.45, 7) is 2.90. The number of ketones is 1. The van der Waals surface area contributed by atoms with Crippen LogP contribution in [0.1, 0.15) is 29.9 Å². The number of carbonyl (C=O) groups is 1. The van der Waals surface area contributed by atoms with Crippen LogP contribution in [0, 0.1) is 0 Å². The Labute approximate surface area is 148 Å². The van der Waals surface area contributed by atoms with Gasteiger partial charge >= 0.3 is 11.9 Å². The van der Waals surface area contributed by atoms with Gasteiger partial charge in [0.15, 0.2) is 17.0 Å². The molecule has 2 N–H and O–H groups in total. The van der Waals surface area contributed by atoms with Crippen molar-refractivity contribution >= 4 is 17.4 Å². The highest BCUT2D eigenvalue weighted by Crippen LogP contribution is 2.42. The number of benzene rings is 1. The molecule has 0 fully saturated rings. The number of nitrogen functional groups attached to an aromatic ring is 1. The number of fused-ring (bicyclic) bond motifs is 1. The van der Waals surface area contributed by atoms with Crippen LogP contribution < -0.4 is 21.8 Å². The minimum absolute atomic E-state index is 0.0207. The molecule has 138 valence electrons. The largest absolute Gasteiger partial charge is 0.477 e. The van der Waals surface area contributed by atoms with E-state index >= 15 is 0 Å². The lowest BCUT2D eigenvalue weighted by Crippen LogP contribution is -2.45. The Morgan fingerprint density at radius 1 is 1.19 bits per heavy atom. The second kappa shape index (κ2) is 5.37. The van der Waals surface area contributed by atoms with Crippen LogP contribution in [0.4, 0.5) is 13.2 Å². The highest BCUT2D eigenvalue weighted by Gasteiger charge is 2.43. The third-order valence-corrected chi connectivity index (χ3v) is 4.20. The van der Waals surface area contributed by atoms with Crippen molar-refractivity contribution in [2.45, 2.75) is 25.6 Å². The van der Waals surface area contributed by atoms with Gasteiger partial charge in [0.2, 0.25) is 5.78 Å². The first kappa shape index (κ1) is 18.1. The van der Waals surface area contributed by atoms with E-state index in [-0.39, 0.29) is 32.8 Å². The fourth-order valence-electron chi connectivity index (χ4n) is 2.64. The molecule has 1 aliphatic rings. The van der Waals surface area contributed by atoms with E-state index in [9.17, 15) is 27.6 Å². The SMILES string of the molecule is CC1(C)Oc2c(-n3c(=O)cc(C(F)(F)F)n(N)c3=O)ccc(Cl)c2C1=O. The number of alkyl halides is 3. The van der Waals surface area contributed by atoms with Gasteiger partial charge < -0.3 is 10.6 Å². The molecule has 7 nitrogen and oxygen atoms in total. The molecule has 3 rings (SSSR count). The number of ether oxygens (including phenoxy) is 1. The zero-order valence-electron chi connectivity index (χ0n) is 13.3. The van der Waals surface area contributed by atoms with E-state index in [4.69, 9.17) is 22.2 Å². The predicted octanol–water partition coefficient (Wildman–Crippen LogP) is 1.74. The van der Waals surface area contributed by atoms with E-state index < -0.39 is 34.5 Å². The molecule has 1 aromatic heterocycles. The lowest BCUT2D eigenvalue weighted by molar-refractivity contribution is -0.143. The van der Waals surface area contributed by atoms with E-state index in [1.807, 2.05) is 0 Å². The van der Waals surface area contributed by atoms with E-state index in [0.717, 1.165) is 0 Å². The van der Waals surface area contributed by atoms with E-state index in [1.165, 1.54) is 26.0 Å². The van der Waals surface area contributed by atoms with Gasteiger partial charge in [0.05, 0.1) is 16.3 Å². The first-order valence-electron chi connectivity index (χ1n) is 7.14. The van der Waals surface area contributed by atoms with Crippen LogP contribution in [0.2, 0.25) is 5.02 Å². The number of aromatic nitrogens is 2. The fourth-order valence-corrected chi connectivity index (χ4v) is 2.87. The summed E-state index contributed by atoms with van der Waals surface area (Å²) < 4.78 is 44.4. The molecule has 1 aliphatic heterocycles. The monoisotopic (exact) mass is 389 g/mol. The lowest BCUT2D eigenvalue weighted by Gasteiger charge is -2.17. The summed E-state index contributed by atoms with van der Waals surface area (Å²) in [5.74, 6) is 4.55. The van der Waals surface area contributed by atoms with E-state index in [0.29, 0.717) is 4.57 Å². The molecule has 0 saturated heterocycles. The molecular formula is C15H11ClF3N3O4. The van der Waals surface area contributed by atoms with Gasteiger partial charge in [0, 0.05) is 6.07 Å². The molecule has 0 radical (unpaired) electrons. The van der Waals surface area contributed by atoms with Gasteiger partial charge in [-0.3, -0.25) is 9.59 Å². The zero-order valence-corrected chi connectivity index (χ0v) is 14.1. The van der Waals surface area contributed by atoms with Gasteiger partial charge in [0.25, 0.3) is 5.56 Å². The normalized spacial score (nSPS) is 15.7. The lowest BCUT2D eigenvalue weighted by atomic mass is 9.99. The van der Waals surface area contributed by atoms with Crippen molar-refractivity contribution in [3.8, 4) is 11.4 Å². The topological polar surface area (TPSA) is 96.3 Å². The van der Waals surface area contributed by atoms with Gasteiger partial charge in [-0.15, -0.1) is 0 Å². The summed E-state index contributed by atoms with van der Waals surface area (Å²) in [6.07, 6.45) is -5.00. The standard InChI is InChI=1S/C15H11ClF3N3O4/c1-14(2)12(24)10-6(16)3-4-7(11(10)26-14)21-9(23)5-8(15(17,18)19)22(20)13(21)25/h3-5H,20H2,1-2H3. The molecular weight excluding hydrogens is 379 g/mol. The van der Waals surface area contributed by atoms with Crippen molar-refractivity contribution in [1.29, 1.82) is 0 Å². The first-order valence-corrected chi connectivity index (χ1v) is 7.52. The molecule has 1 aromatic carbocycles. The molecule has 11 heteroatoms. The molecule has 0 atom stereocenters. The molecule has 2 heterocycles. The van der Waals surface area contributed by atoms with Crippen molar-refractivity contribution in [1.82, 2.24) is 9.24 Å². The Hall–Kier alpha value is -2.75. The predicted molar refractivity (Wildman–Crippen MR) is 85.5 cm³/mol. The average Bonchev–Trinajstić information content (AvgIpc) is 2.75. The van der Waals surface area contributed by atoms with Crippen LogP contribution in [-0.2, 0) is 6.18 Å². The maximum absolute atomic E-state index is 12.9. The molecule has 26 heavy (non-hydrogen) atoms. The third-order valence-electron chi connectivity index (χ3n) is 3.89. The Balaban J connectivity index is 2.36. The van der Waals surface area contributed by atoms with Crippen LogP contribution in [-0.4, -0.2) is 20.6 Å². The quantitative estimate of drug-likeness (QED) is 0.749. The Morgan fingerprint density at radius 3 is 2.38 bits per heavy atom. The van der Waals surface area contributed by atoms with Gasteiger partial charge in [-0.25, -0.2) is 14.0 Å². The second-order valence-electron chi connectivity index (χ2n) is 6.07. The maximum Gasteiger partial charge on any atom is 0.433 e. The molecule has 2 aromatic rings. The van der Waals surface area contributed by atoms with Crippen molar-refractivity contribution < 1.29 is 22.7 Å².